The van der Waals surface area contributed by atoms with Gasteiger partial charge in [-0.2, -0.15) is 4.98 Å². The van der Waals surface area contributed by atoms with Gasteiger partial charge in [0.05, 0.1) is 4.47 Å². The number of aryl methyl sites for hydroxylation is 1. The Balaban J connectivity index is 2.11. The van der Waals surface area contributed by atoms with E-state index < -0.39 is 0 Å². The Morgan fingerprint density at radius 2 is 2.37 bits per heavy atom. The molecule has 1 unspecified atom stereocenters. The molecule has 0 aliphatic carbocycles. The number of nitrogens with zero attached hydrogens (tertiary/aromatic N) is 2. The highest BCUT2D eigenvalue weighted by atomic mass is 79.9. The maximum Gasteiger partial charge on any atom is 0.298 e. The highest BCUT2D eigenvalue weighted by Crippen LogP contribution is 2.35. The van der Waals surface area contributed by atoms with E-state index in [1.807, 2.05) is 13.0 Å². The van der Waals surface area contributed by atoms with E-state index in [4.69, 9.17) is 16.0 Å². The molecule has 2 heterocycles. The summed E-state index contributed by atoms with van der Waals surface area (Å²) in [6, 6.07) is 2.90. The van der Waals surface area contributed by atoms with Gasteiger partial charge in [-0.25, -0.2) is 0 Å². The number of fused-ring (bicyclic) bond motifs is 1. The summed E-state index contributed by atoms with van der Waals surface area (Å²) in [4.78, 5) is 6.82. The molecule has 0 saturated carbocycles. The van der Waals surface area contributed by atoms with Crippen molar-refractivity contribution in [2.24, 2.45) is 0 Å². The van der Waals surface area contributed by atoms with E-state index in [1.54, 1.807) is 0 Å². The standard InChI is InChI=1S/C13H15BrClN3O/c1-7-6-16-3-4-18(7)13-17-11-8(2)10(15)5-9(14)12(11)19-13/h5,7,16H,3-4,6H2,1-2H3. The van der Waals surface area contributed by atoms with Crippen molar-refractivity contribution in [1.29, 1.82) is 0 Å². The molecule has 6 heteroatoms. The molecule has 1 aromatic heterocycles. The number of oxazole rings is 1. The summed E-state index contributed by atoms with van der Waals surface area (Å²) in [5.74, 6) is 0. The van der Waals surface area contributed by atoms with E-state index in [1.165, 1.54) is 0 Å². The van der Waals surface area contributed by atoms with Crippen LogP contribution in [0, 0.1) is 6.92 Å². The van der Waals surface area contributed by atoms with E-state index in [2.05, 4.69) is 38.1 Å². The van der Waals surface area contributed by atoms with E-state index in [0.717, 1.165) is 40.8 Å². The second-order valence-electron chi connectivity index (χ2n) is 4.89. The first-order valence-electron chi connectivity index (χ1n) is 6.30. The van der Waals surface area contributed by atoms with Gasteiger partial charge < -0.3 is 14.6 Å². The van der Waals surface area contributed by atoms with Crippen molar-refractivity contribution in [3.8, 4) is 0 Å². The number of piperazine rings is 1. The Labute approximate surface area is 125 Å². The van der Waals surface area contributed by atoms with Gasteiger partial charge in [-0.05, 0) is 41.4 Å². The number of hydrogen-bond donors (Lipinski definition) is 1. The fourth-order valence-corrected chi connectivity index (χ4v) is 3.20. The highest BCUT2D eigenvalue weighted by Gasteiger charge is 2.24. The molecule has 1 fully saturated rings. The third-order valence-electron chi connectivity index (χ3n) is 3.55. The maximum absolute atomic E-state index is 6.18. The quantitative estimate of drug-likeness (QED) is 0.861. The van der Waals surface area contributed by atoms with Crippen LogP contribution in [0.1, 0.15) is 12.5 Å². The minimum Gasteiger partial charge on any atom is -0.422 e. The molecule has 1 saturated heterocycles. The first-order chi connectivity index (χ1) is 9.08. The lowest BCUT2D eigenvalue weighted by Crippen LogP contribution is -2.50. The fourth-order valence-electron chi connectivity index (χ4n) is 2.37. The van der Waals surface area contributed by atoms with Crippen molar-refractivity contribution in [3.63, 3.8) is 0 Å². The van der Waals surface area contributed by atoms with Crippen LogP contribution in [0.15, 0.2) is 15.0 Å². The molecular weight excluding hydrogens is 330 g/mol. The van der Waals surface area contributed by atoms with Crippen molar-refractivity contribution in [1.82, 2.24) is 10.3 Å². The Morgan fingerprint density at radius 1 is 1.58 bits per heavy atom. The first kappa shape index (κ1) is 13.2. The molecular formula is C13H15BrClN3O. The summed E-state index contributed by atoms with van der Waals surface area (Å²) in [6.07, 6.45) is 0. The van der Waals surface area contributed by atoms with E-state index >= 15 is 0 Å². The molecule has 1 aliphatic rings. The number of nitrogens with one attached hydrogen (secondary N) is 1. The molecule has 1 N–H and O–H groups in total. The van der Waals surface area contributed by atoms with Crippen molar-refractivity contribution in [3.05, 3.63) is 21.1 Å². The summed E-state index contributed by atoms with van der Waals surface area (Å²) in [5, 5.41) is 4.06. The zero-order valence-electron chi connectivity index (χ0n) is 10.8. The van der Waals surface area contributed by atoms with Crippen LogP contribution in [0.25, 0.3) is 11.1 Å². The molecule has 4 nitrogen and oxygen atoms in total. The van der Waals surface area contributed by atoms with Gasteiger partial charge in [0.25, 0.3) is 6.01 Å². The molecule has 0 spiro atoms. The molecule has 1 atom stereocenters. The first-order valence-corrected chi connectivity index (χ1v) is 7.47. The summed E-state index contributed by atoms with van der Waals surface area (Å²) in [6.45, 7) is 6.92. The molecule has 3 rings (SSSR count). The fraction of sp³-hybridized carbons (Fsp3) is 0.462. The minimum absolute atomic E-state index is 0.372. The van der Waals surface area contributed by atoms with Gasteiger partial charge in [0.15, 0.2) is 5.58 Å². The summed E-state index contributed by atoms with van der Waals surface area (Å²) >= 11 is 9.67. The van der Waals surface area contributed by atoms with Gasteiger partial charge in [-0.3, -0.25) is 0 Å². The van der Waals surface area contributed by atoms with Gasteiger partial charge in [0, 0.05) is 30.7 Å². The highest BCUT2D eigenvalue weighted by molar-refractivity contribution is 9.10. The van der Waals surface area contributed by atoms with Crippen molar-refractivity contribution in [2.75, 3.05) is 24.5 Å². The Morgan fingerprint density at radius 3 is 3.11 bits per heavy atom. The molecule has 1 aliphatic heterocycles. The summed E-state index contributed by atoms with van der Waals surface area (Å²) in [5.41, 5.74) is 2.56. The Hall–Kier alpha value is -0.780. The van der Waals surface area contributed by atoms with E-state index in [-0.39, 0.29) is 0 Å². The minimum atomic E-state index is 0.372. The number of halogens is 2. The lowest BCUT2D eigenvalue weighted by molar-refractivity contribution is 0.456. The van der Waals surface area contributed by atoms with Crippen LogP contribution in [0.3, 0.4) is 0 Å². The van der Waals surface area contributed by atoms with Crippen LogP contribution < -0.4 is 10.2 Å². The van der Waals surface area contributed by atoms with Gasteiger partial charge in [-0.1, -0.05) is 11.6 Å². The van der Waals surface area contributed by atoms with Crippen molar-refractivity contribution < 1.29 is 4.42 Å². The molecule has 102 valence electrons. The van der Waals surface area contributed by atoms with Crippen LogP contribution in [0.5, 0.6) is 0 Å². The lowest BCUT2D eigenvalue weighted by atomic mass is 10.2. The molecule has 0 bridgehead atoms. The molecule has 0 amide bonds. The van der Waals surface area contributed by atoms with Gasteiger partial charge >= 0.3 is 0 Å². The van der Waals surface area contributed by atoms with Gasteiger partial charge in [-0.15, -0.1) is 0 Å². The number of rotatable bonds is 1. The zero-order chi connectivity index (χ0) is 13.6. The number of aromatic nitrogens is 1. The summed E-state index contributed by atoms with van der Waals surface area (Å²) < 4.78 is 6.77. The Kier molecular flexibility index (Phi) is 3.45. The third kappa shape index (κ3) is 2.24. The predicted molar refractivity (Wildman–Crippen MR) is 81.1 cm³/mol. The smallest absolute Gasteiger partial charge is 0.298 e. The van der Waals surface area contributed by atoms with Crippen LogP contribution in [-0.4, -0.2) is 30.7 Å². The molecule has 1 aromatic carbocycles. The van der Waals surface area contributed by atoms with Gasteiger partial charge in [0.1, 0.15) is 5.52 Å². The van der Waals surface area contributed by atoms with Crippen molar-refractivity contribution in [2.45, 2.75) is 19.9 Å². The van der Waals surface area contributed by atoms with Crippen LogP contribution >= 0.6 is 27.5 Å². The molecule has 0 radical (unpaired) electrons. The topological polar surface area (TPSA) is 41.3 Å². The van der Waals surface area contributed by atoms with Gasteiger partial charge in [0.2, 0.25) is 0 Å². The number of anilines is 1. The van der Waals surface area contributed by atoms with E-state index in [9.17, 15) is 0 Å². The van der Waals surface area contributed by atoms with Crippen LogP contribution in [0.4, 0.5) is 6.01 Å². The third-order valence-corrected chi connectivity index (χ3v) is 4.53. The predicted octanol–water partition coefficient (Wildman–Crippen LogP) is 3.35. The number of hydrogen-bond acceptors (Lipinski definition) is 4. The average Bonchev–Trinajstić information content (AvgIpc) is 2.82. The molecule has 19 heavy (non-hydrogen) atoms. The zero-order valence-corrected chi connectivity index (χ0v) is 13.2. The second-order valence-corrected chi connectivity index (χ2v) is 6.15. The maximum atomic E-state index is 6.18. The second kappa shape index (κ2) is 4.96. The lowest BCUT2D eigenvalue weighted by Gasteiger charge is -2.32. The van der Waals surface area contributed by atoms with E-state index in [0.29, 0.717) is 17.1 Å². The summed E-state index contributed by atoms with van der Waals surface area (Å²) in [7, 11) is 0. The SMILES string of the molecule is Cc1c(Cl)cc(Br)c2oc(N3CCNCC3C)nc12. The Bertz CT molecular complexity index is 628. The normalized spacial score (nSPS) is 20.2. The van der Waals surface area contributed by atoms with Crippen LogP contribution in [0.2, 0.25) is 5.02 Å². The largest absolute Gasteiger partial charge is 0.422 e. The number of benzene rings is 1. The average molecular weight is 345 g/mol. The molecule has 2 aromatic rings. The monoisotopic (exact) mass is 343 g/mol. The van der Waals surface area contributed by atoms with Crippen LogP contribution in [-0.2, 0) is 0 Å². The van der Waals surface area contributed by atoms with Crippen molar-refractivity contribution >= 4 is 44.6 Å².